The molecular weight excluding hydrogens is 490 g/mol. The Morgan fingerprint density at radius 2 is 1.56 bits per heavy atom. The van der Waals surface area contributed by atoms with E-state index < -0.39 is 17.7 Å². The number of carbonyl (C=O) groups is 2. The Labute approximate surface area is 227 Å². The number of ether oxygens (including phenoxy) is 2. The van der Waals surface area contributed by atoms with Gasteiger partial charge in [0, 0.05) is 5.69 Å². The molecule has 0 aromatic heterocycles. The maximum atomic E-state index is 13.6. The van der Waals surface area contributed by atoms with E-state index in [1.54, 1.807) is 36.4 Å². The fraction of sp³-hybridized carbons (Fsp3) is 0.152. The van der Waals surface area contributed by atoms with E-state index >= 15 is 0 Å². The zero-order chi connectivity index (χ0) is 27.5. The number of aliphatic hydroxyl groups is 1. The van der Waals surface area contributed by atoms with E-state index in [2.05, 4.69) is 0 Å². The van der Waals surface area contributed by atoms with Crippen molar-refractivity contribution in [1.29, 1.82) is 0 Å². The van der Waals surface area contributed by atoms with Gasteiger partial charge in [-0.2, -0.15) is 0 Å². The number of rotatable bonds is 7. The molecule has 4 aromatic carbocycles. The fourth-order valence-corrected chi connectivity index (χ4v) is 5.06. The Balaban J connectivity index is 1.66. The quantitative estimate of drug-likeness (QED) is 0.171. The van der Waals surface area contributed by atoms with Gasteiger partial charge in [-0.3, -0.25) is 14.5 Å². The SMILES string of the molecule is COc1c(C)cc(C)cc1/C(O)=C1\C(=O)C(=O)N(c2ccccc2)C1c1cccc(OCc2ccccc2)c1. The lowest BCUT2D eigenvalue weighted by Gasteiger charge is -2.26. The lowest BCUT2D eigenvalue weighted by Crippen LogP contribution is -2.29. The summed E-state index contributed by atoms with van der Waals surface area (Å²) in [5.41, 5.74) is 4.25. The zero-order valence-electron chi connectivity index (χ0n) is 22.0. The number of Topliss-reactive ketones (excluding diaryl/α,β-unsaturated/α-hetero) is 1. The van der Waals surface area contributed by atoms with Gasteiger partial charge in [0.1, 0.15) is 23.9 Å². The molecular formula is C33H29NO5. The Hall–Kier alpha value is -4.84. The van der Waals surface area contributed by atoms with Gasteiger partial charge in [0.05, 0.1) is 24.3 Å². The molecule has 39 heavy (non-hydrogen) atoms. The first-order valence-corrected chi connectivity index (χ1v) is 12.7. The molecule has 0 radical (unpaired) electrons. The second-order valence-electron chi connectivity index (χ2n) is 9.51. The largest absolute Gasteiger partial charge is 0.507 e. The van der Waals surface area contributed by atoms with Crippen LogP contribution in [0, 0.1) is 13.8 Å². The number of anilines is 1. The summed E-state index contributed by atoms with van der Waals surface area (Å²) in [6, 6.07) is 28.9. The van der Waals surface area contributed by atoms with Gasteiger partial charge in [-0.05, 0) is 66.4 Å². The monoisotopic (exact) mass is 519 g/mol. The van der Waals surface area contributed by atoms with Crippen LogP contribution < -0.4 is 14.4 Å². The molecule has 0 bridgehead atoms. The van der Waals surface area contributed by atoms with Crippen molar-refractivity contribution in [1.82, 2.24) is 0 Å². The zero-order valence-corrected chi connectivity index (χ0v) is 22.0. The normalized spacial score (nSPS) is 16.4. The third kappa shape index (κ3) is 5.01. The van der Waals surface area contributed by atoms with Crippen LogP contribution in [0.25, 0.3) is 5.76 Å². The van der Waals surface area contributed by atoms with Crippen LogP contribution >= 0.6 is 0 Å². The predicted molar refractivity (Wildman–Crippen MR) is 151 cm³/mol. The topological polar surface area (TPSA) is 76.1 Å². The van der Waals surface area contributed by atoms with E-state index in [1.165, 1.54) is 12.0 Å². The van der Waals surface area contributed by atoms with Gasteiger partial charge in [0.2, 0.25) is 0 Å². The van der Waals surface area contributed by atoms with Crippen LogP contribution in [-0.2, 0) is 16.2 Å². The lowest BCUT2D eigenvalue weighted by atomic mass is 9.93. The highest BCUT2D eigenvalue weighted by atomic mass is 16.5. The lowest BCUT2D eigenvalue weighted by molar-refractivity contribution is -0.132. The summed E-state index contributed by atoms with van der Waals surface area (Å²) in [4.78, 5) is 28.5. The van der Waals surface area contributed by atoms with Crippen molar-refractivity contribution in [2.75, 3.05) is 12.0 Å². The molecule has 0 spiro atoms. The summed E-state index contributed by atoms with van der Waals surface area (Å²) < 4.78 is 11.6. The second-order valence-corrected chi connectivity index (χ2v) is 9.51. The fourth-order valence-electron chi connectivity index (χ4n) is 5.06. The molecule has 1 fully saturated rings. The van der Waals surface area contributed by atoms with Crippen molar-refractivity contribution >= 4 is 23.1 Å². The number of aryl methyl sites for hydroxylation is 2. The number of hydrogen-bond acceptors (Lipinski definition) is 5. The van der Waals surface area contributed by atoms with Crippen LogP contribution in [0.1, 0.15) is 33.9 Å². The van der Waals surface area contributed by atoms with Crippen molar-refractivity contribution in [3.05, 3.63) is 130 Å². The summed E-state index contributed by atoms with van der Waals surface area (Å²) in [5, 5.41) is 11.7. The highest BCUT2D eigenvalue weighted by Crippen LogP contribution is 2.44. The van der Waals surface area contributed by atoms with Gasteiger partial charge < -0.3 is 14.6 Å². The highest BCUT2D eigenvalue weighted by molar-refractivity contribution is 6.51. The molecule has 1 saturated heterocycles. The Morgan fingerprint density at radius 1 is 0.872 bits per heavy atom. The molecule has 1 amide bonds. The molecule has 0 saturated carbocycles. The van der Waals surface area contributed by atoms with Crippen LogP contribution in [0.4, 0.5) is 5.69 Å². The first-order valence-electron chi connectivity index (χ1n) is 12.7. The Bertz CT molecular complexity index is 1560. The van der Waals surface area contributed by atoms with Crippen molar-refractivity contribution in [2.45, 2.75) is 26.5 Å². The van der Waals surface area contributed by atoms with Gasteiger partial charge in [-0.1, -0.05) is 66.7 Å². The number of methoxy groups -OCH3 is 1. The molecule has 1 heterocycles. The third-order valence-electron chi connectivity index (χ3n) is 6.78. The number of aliphatic hydroxyl groups excluding tert-OH is 1. The molecule has 6 nitrogen and oxygen atoms in total. The van der Waals surface area contributed by atoms with Gasteiger partial charge in [0.15, 0.2) is 0 Å². The minimum Gasteiger partial charge on any atom is -0.507 e. The summed E-state index contributed by atoms with van der Waals surface area (Å²) in [7, 11) is 1.52. The number of carbonyl (C=O) groups excluding carboxylic acids is 2. The van der Waals surface area contributed by atoms with Gasteiger partial charge >= 0.3 is 0 Å². The minimum absolute atomic E-state index is 0.00707. The van der Waals surface area contributed by atoms with Crippen LogP contribution in [0.15, 0.2) is 103 Å². The van der Waals surface area contributed by atoms with Crippen molar-refractivity contribution in [2.24, 2.45) is 0 Å². The first kappa shape index (κ1) is 25.8. The summed E-state index contributed by atoms with van der Waals surface area (Å²) >= 11 is 0. The van der Waals surface area contributed by atoms with Gasteiger partial charge in [-0.15, -0.1) is 0 Å². The van der Waals surface area contributed by atoms with E-state index in [-0.39, 0.29) is 11.3 Å². The van der Waals surface area contributed by atoms with Gasteiger partial charge in [0.25, 0.3) is 11.7 Å². The average molecular weight is 520 g/mol. The van der Waals surface area contributed by atoms with E-state index in [0.29, 0.717) is 34.9 Å². The molecule has 1 aliphatic rings. The van der Waals surface area contributed by atoms with Crippen LogP contribution in [0.2, 0.25) is 0 Å². The molecule has 1 atom stereocenters. The van der Waals surface area contributed by atoms with Crippen molar-refractivity contribution in [3.63, 3.8) is 0 Å². The van der Waals surface area contributed by atoms with E-state index in [0.717, 1.165) is 16.7 Å². The van der Waals surface area contributed by atoms with E-state index in [9.17, 15) is 14.7 Å². The Morgan fingerprint density at radius 3 is 2.26 bits per heavy atom. The summed E-state index contributed by atoms with van der Waals surface area (Å²) in [6.07, 6.45) is 0. The second kappa shape index (κ2) is 10.9. The standard InChI is InChI=1S/C33H29NO5/c1-21-17-22(2)32(38-3)27(18-21)30(35)28-29(34(33(37)31(28)36)25-14-8-5-9-15-25)24-13-10-16-26(19-24)39-20-23-11-6-4-7-12-23/h4-19,29,35H,20H2,1-3H3/b30-28+. The van der Waals surface area contributed by atoms with E-state index in [4.69, 9.17) is 9.47 Å². The minimum atomic E-state index is -0.877. The third-order valence-corrected chi connectivity index (χ3v) is 6.78. The number of hydrogen-bond donors (Lipinski definition) is 1. The van der Waals surface area contributed by atoms with Crippen molar-refractivity contribution in [3.8, 4) is 11.5 Å². The molecule has 6 heteroatoms. The van der Waals surface area contributed by atoms with Crippen LogP contribution in [-0.4, -0.2) is 23.9 Å². The maximum absolute atomic E-state index is 13.6. The molecule has 1 N–H and O–H groups in total. The number of benzene rings is 4. The first-order chi connectivity index (χ1) is 18.9. The molecule has 1 aliphatic heterocycles. The number of amides is 1. The van der Waals surface area contributed by atoms with Gasteiger partial charge in [-0.25, -0.2) is 0 Å². The number of nitrogens with zero attached hydrogens (tertiary/aromatic N) is 1. The highest BCUT2D eigenvalue weighted by Gasteiger charge is 2.47. The average Bonchev–Trinajstić information content (AvgIpc) is 3.22. The maximum Gasteiger partial charge on any atom is 0.300 e. The molecule has 0 aliphatic carbocycles. The predicted octanol–water partition coefficient (Wildman–Crippen LogP) is 6.52. The molecule has 196 valence electrons. The van der Waals surface area contributed by atoms with E-state index in [1.807, 2.05) is 74.5 Å². The molecule has 4 aromatic rings. The Kier molecular flexibility index (Phi) is 7.19. The number of para-hydroxylation sites is 1. The smallest absolute Gasteiger partial charge is 0.300 e. The molecule has 5 rings (SSSR count). The van der Waals surface area contributed by atoms with Crippen LogP contribution in [0.3, 0.4) is 0 Å². The number of ketones is 1. The summed E-state index contributed by atoms with van der Waals surface area (Å²) in [6.45, 7) is 4.13. The molecule has 1 unspecified atom stereocenters. The van der Waals surface area contributed by atoms with Crippen LogP contribution in [0.5, 0.6) is 11.5 Å². The summed E-state index contributed by atoms with van der Waals surface area (Å²) in [5.74, 6) is -0.734. The van der Waals surface area contributed by atoms with Crippen molar-refractivity contribution < 1.29 is 24.2 Å².